The van der Waals surface area contributed by atoms with Crippen molar-refractivity contribution in [2.45, 2.75) is 25.7 Å². The summed E-state index contributed by atoms with van der Waals surface area (Å²) >= 11 is 11.9. The average Bonchev–Trinajstić information content (AvgIpc) is 2.71. The molecule has 4 nitrogen and oxygen atoms in total. The Hall–Kier alpha value is -1.26. The molecule has 0 radical (unpaired) electrons. The summed E-state index contributed by atoms with van der Waals surface area (Å²) in [6, 6.07) is 5.07. The van der Waals surface area contributed by atoms with Gasteiger partial charge in [-0.1, -0.05) is 36.0 Å². The highest BCUT2D eigenvalue weighted by atomic mass is 35.5. The zero-order chi connectivity index (χ0) is 15.0. The third kappa shape index (κ3) is 2.74. The number of nitrogens with zero attached hydrogens (tertiary/aromatic N) is 1. The van der Waals surface area contributed by atoms with Gasteiger partial charge in [0, 0.05) is 5.02 Å². The maximum absolute atomic E-state index is 12.3. The lowest BCUT2D eigenvalue weighted by atomic mass is 9.81. The lowest BCUT2D eigenvalue weighted by Gasteiger charge is -2.19. The Balaban J connectivity index is 1.70. The van der Waals surface area contributed by atoms with Gasteiger partial charge in [-0.2, -0.15) is 0 Å². The van der Waals surface area contributed by atoms with Crippen molar-refractivity contribution in [2.24, 2.45) is 11.8 Å². The predicted molar refractivity (Wildman–Crippen MR) is 82.3 cm³/mol. The van der Waals surface area contributed by atoms with Crippen LogP contribution in [0.25, 0.3) is 0 Å². The molecule has 2 amide bonds. The first-order valence-electron chi connectivity index (χ1n) is 7.12. The molecule has 0 bridgehead atoms. The molecular formula is C15H16Cl2N2O2. The summed E-state index contributed by atoms with van der Waals surface area (Å²) in [6.45, 7) is 0.159. The smallest absolute Gasteiger partial charge is 0.234 e. The molecule has 1 saturated heterocycles. The summed E-state index contributed by atoms with van der Waals surface area (Å²) in [4.78, 5) is 26.0. The molecule has 0 unspecified atom stereocenters. The molecule has 21 heavy (non-hydrogen) atoms. The number of nitrogens with one attached hydrogen (secondary N) is 1. The monoisotopic (exact) mass is 326 g/mol. The number of imide groups is 1. The van der Waals surface area contributed by atoms with Crippen LogP contribution in [0.1, 0.15) is 25.7 Å². The van der Waals surface area contributed by atoms with Crippen LogP contribution in [0.15, 0.2) is 18.2 Å². The van der Waals surface area contributed by atoms with Gasteiger partial charge in [0.05, 0.1) is 29.2 Å². The number of benzene rings is 1. The molecule has 1 aliphatic heterocycles. The number of amides is 2. The number of carbonyl (C=O) groups excluding carboxylic acids is 2. The maximum Gasteiger partial charge on any atom is 0.234 e. The van der Waals surface area contributed by atoms with Crippen molar-refractivity contribution in [3.05, 3.63) is 28.2 Å². The second kappa shape index (κ2) is 5.85. The SMILES string of the molecule is O=C1[C@H]2CCCC[C@H]2C(=O)N1CNc1ccc(Cl)cc1Cl. The van der Waals surface area contributed by atoms with Crippen LogP contribution >= 0.6 is 23.2 Å². The van der Waals surface area contributed by atoms with Gasteiger partial charge in [-0.05, 0) is 31.0 Å². The van der Waals surface area contributed by atoms with E-state index < -0.39 is 0 Å². The van der Waals surface area contributed by atoms with E-state index >= 15 is 0 Å². The molecular weight excluding hydrogens is 311 g/mol. The fourth-order valence-electron chi connectivity index (χ4n) is 3.18. The van der Waals surface area contributed by atoms with E-state index in [2.05, 4.69) is 5.32 Å². The Morgan fingerprint density at radius 1 is 1.10 bits per heavy atom. The van der Waals surface area contributed by atoms with Gasteiger partial charge >= 0.3 is 0 Å². The minimum absolute atomic E-state index is 0.0534. The highest BCUT2D eigenvalue weighted by Gasteiger charge is 2.47. The van der Waals surface area contributed by atoms with Gasteiger partial charge in [-0.25, -0.2) is 0 Å². The molecule has 1 aromatic rings. The Labute approximate surface area is 133 Å². The van der Waals surface area contributed by atoms with Gasteiger partial charge in [0.25, 0.3) is 0 Å². The highest BCUT2D eigenvalue weighted by Crippen LogP contribution is 2.38. The molecule has 6 heteroatoms. The Kier molecular flexibility index (Phi) is 4.09. The van der Waals surface area contributed by atoms with Crippen LogP contribution in [-0.2, 0) is 9.59 Å². The van der Waals surface area contributed by atoms with Gasteiger partial charge in [0.15, 0.2) is 0 Å². The molecule has 2 fully saturated rings. The maximum atomic E-state index is 12.3. The number of fused-ring (bicyclic) bond motifs is 1. The number of likely N-dealkylation sites (tertiary alicyclic amines) is 1. The van der Waals surface area contributed by atoms with Crippen LogP contribution in [-0.4, -0.2) is 23.4 Å². The van der Waals surface area contributed by atoms with Crippen molar-refractivity contribution in [1.82, 2.24) is 4.90 Å². The number of carbonyl (C=O) groups is 2. The fourth-order valence-corrected chi connectivity index (χ4v) is 3.66. The molecule has 1 aromatic carbocycles. The van der Waals surface area contributed by atoms with E-state index in [0.29, 0.717) is 15.7 Å². The van der Waals surface area contributed by atoms with Gasteiger partial charge in [-0.3, -0.25) is 14.5 Å². The number of hydrogen-bond donors (Lipinski definition) is 1. The Bertz CT molecular complexity index is 567. The molecule has 1 saturated carbocycles. The van der Waals surface area contributed by atoms with Crippen molar-refractivity contribution in [3.63, 3.8) is 0 Å². The van der Waals surface area contributed by atoms with Crippen LogP contribution in [0.2, 0.25) is 10.0 Å². The number of hydrogen-bond acceptors (Lipinski definition) is 3. The third-order valence-corrected chi connectivity index (χ3v) is 4.84. The first kappa shape index (κ1) is 14.7. The van der Waals surface area contributed by atoms with E-state index in [-0.39, 0.29) is 30.3 Å². The summed E-state index contributed by atoms with van der Waals surface area (Å²) in [6.07, 6.45) is 3.72. The zero-order valence-corrected chi connectivity index (χ0v) is 13.0. The average molecular weight is 327 g/mol. The molecule has 112 valence electrons. The lowest BCUT2D eigenvalue weighted by molar-refractivity contribution is -0.139. The van der Waals surface area contributed by atoms with Crippen LogP contribution in [0.4, 0.5) is 5.69 Å². The first-order valence-corrected chi connectivity index (χ1v) is 7.87. The van der Waals surface area contributed by atoms with E-state index in [1.807, 2.05) is 0 Å². The minimum atomic E-state index is -0.117. The molecule has 1 aliphatic carbocycles. The lowest BCUT2D eigenvalue weighted by Crippen LogP contribution is -2.35. The van der Waals surface area contributed by atoms with E-state index in [1.54, 1.807) is 18.2 Å². The van der Waals surface area contributed by atoms with Gasteiger partial charge < -0.3 is 5.32 Å². The Morgan fingerprint density at radius 3 is 2.29 bits per heavy atom. The molecule has 2 aliphatic rings. The second-order valence-electron chi connectivity index (χ2n) is 5.56. The van der Waals surface area contributed by atoms with Gasteiger partial charge in [0.1, 0.15) is 0 Å². The van der Waals surface area contributed by atoms with E-state index in [0.717, 1.165) is 25.7 Å². The van der Waals surface area contributed by atoms with Crippen LogP contribution in [0, 0.1) is 11.8 Å². The highest BCUT2D eigenvalue weighted by molar-refractivity contribution is 6.36. The molecule has 2 atom stereocenters. The standard InChI is InChI=1S/C15H16Cl2N2O2/c16-9-5-6-13(12(17)7-9)18-8-19-14(20)10-3-1-2-4-11(10)15(19)21/h5-7,10-11,18H,1-4,8H2/t10-,11+. The first-order chi connectivity index (χ1) is 10.1. The van der Waals surface area contributed by atoms with Crippen molar-refractivity contribution in [3.8, 4) is 0 Å². The summed E-state index contributed by atoms with van der Waals surface area (Å²) in [5.41, 5.74) is 0.663. The van der Waals surface area contributed by atoms with Crippen molar-refractivity contribution < 1.29 is 9.59 Å². The summed E-state index contributed by atoms with van der Waals surface area (Å²) in [5.74, 6) is -0.341. The van der Waals surface area contributed by atoms with Crippen LogP contribution in [0.3, 0.4) is 0 Å². The number of halogens is 2. The normalized spacial score (nSPS) is 25.1. The van der Waals surface area contributed by atoms with E-state index in [9.17, 15) is 9.59 Å². The summed E-state index contributed by atoms with van der Waals surface area (Å²) in [5, 5.41) is 4.06. The summed E-state index contributed by atoms with van der Waals surface area (Å²) in [7, 11) is 0. The Morgan fingerprint density at radius 2 is 1.71 bits per heavy atom. The van der Waals surface area contributed by atoms with E-state index in [1.165, 1.54) is 4.90 Å². The largest absolute Gasteiger partial charge is 0.366 e. The van der Waals surface area contributed by atoms with Gasteiger partial charge in [-0.15, -0.1) is 0 Å². The summed E-state index contributed by atoms with van der Waals surface area (Å²) < 4.78 is 0. The van der Waals surface area contributed by atoms with E-state index in [4.69, 9.17) is 23.2 Å². The van der Waals surface area contributed by atoms with Gasteiger partial charge in [0.2, 0.25) is 11.8 Å². The van der Waals surface area contributed by atoms with Crippen molar-refractivity contribution in [2.75, 3.05) is 12.0 Å². The second-order valence-corrected chi connectivity index (χ2v) is 6.40. The quantitative estimate of drug-likeness (QED) is 0.864. The molecule has 3 rings (SSSR count). The van der Waals surface area contributed by atoms with Crippen LogP contribution in [0.5, 0.6) is 0 Å². The minimum Gasteiger partial charge on any atom is -0.366 e. The predicted octanol–water partition coefficient (Wildman–Crippen LogP) is 3.54. The topological polar surface area (TPSA) is 49.4 Å². The number of anilines is 1. The molecule has 1 N–H and O–H groups in total. The molecule has 0 aromatic heterocycles. The van der Waals surface area contributed by atoms with Crippen molar-refractivity contribution in [1.29, 1.82) is 0 Å². The number of rotatable bonds is 3. The molecule has 0 spiro atoms. The molecule has 1 heterocycles. The third-order valence-electron chi connectivity index (χ3n) is 4.29. The van der Waals surface area contributed by atoms with Crippen molar-refractivity contribution >= 4 is 40.7 Å². The zero-order valence-electron chi connectivity index (χ0n) is 11.4. The fraction of sp³-hybridized carbons (Fsp3) is 0.467. The van der Waals surface area contributed by atoms with Crippen LogP contribution < -0.4 is 5.32 Å².